The van der Waals surface area contributed by atoms with Gasteiger partial charge in [0, 0.05) is 17.5 Å². The first-order chi connectivity index (χ1) is 16.8. The Hall–Kier alpha value is -3.93. The zero-order chi connectivity index (χ0) is 25.1. The van der Waals surface area contributed by atoms with Gasteiger partial charge in [-0.2, -0.15) is 0 Å². The van der Waals surface area contributed by atoms with Crippen molar-refractivity contribution in [2.24, 2.45) is 5.92 Å². The van der Waals surface area contributed by atoms with Crippen LogP contribution in [0.15, 0.2) is 84.9 Å². The van der Waals surface area contributed by atoms with E-state index in [9.17, 15) is 19.5 Å². The van der Waals surface area contributed by atoms with E-state index in [1.165, 1.54) is 4.90 Å². The fourth-order valence-corrected chi connectivity index (χ4v) is 5.06. The van der Waals surface area contributed by atoms with E-state index in [4.69, 9.17) is 0 Å². The third-order valence-corrected chi connectivity index (χ3v) is 6.53. The van der Waals surface area contributed by atoms with Crippen LogP contribution in [0.2, 0.25) is 0 Å². The maximum absolute atomic E-state index is 14.1. The molecule has 180 valence electrons. The largest absolute Gasteiger partial charge is 0.480 e. The molecule has 4 atom stereocenters. The van der Waals surface area contributed by atoms with Crippen LogP contribution in [0.3, 0.4) is 0 Å². The van der Waals surface area contributed by atoms with E-state index in [-0.39, 0.29) is 11.8 Å². The summed E-state index contributed by atoms with van der Waals surface area (Å²) in [6.45, 7) is 5.61. The lowest BCUT2D eigenvalue weighted by molar-refractivity contribution is -0.142. The monoisotopic (exact) mass is 470 g/mol. The lowest BCUT2D eigenvalue weighted by Gasteiger charge is -2.31. The Morgan fingerprint density at radius 1 is 0.829 bits per heavy atom. The van der Waals surface area contributed by atoms with E-state index in [0.29, 0.717) is 11.1 Å². The third-order valence-electron chi connectivity index (χ3n) is 6.53. The number of carbonyl (C=O) groups is 3. The summed E-state index contributed by atoms with van der Waals surface area (Å²) in [6.07, 6.45) is 0. The second-order valence-electron chi connectivity index (χ2n) is 9.34. The molecule has 35 heavy (non-hydrogen) atoms. The van der Waals surface area contributed by atoms with Crippen molar-refractivity contribution in [3.63, 3.8) is 0 Å². The molecule has 3 aromatic rings. The summed E-state index contributed by atoms with van der Waals surface area (Å²) in [4.78, 5) is 41.8. The Labute approximate surface area is 205 Å². The number of likely N-dealkylation sites (tertiary alicyclic amines) is 1. The van der Waals surface area contributed by atoms with E-state index in [0.717, 1.165) is 11.1 Å². The summed E-state index contributed by atoms with van der Waals surface area (Å²) in [6, 6.07) is 23.0. The standard InChI is InChI=1S/C29H30N2O4/c1-18(2)30-29(35)31-25(21-16-14-19(3)15-17-21)24(27(32)22-12-8-5-9-13-22)23(26(31)28(33)34)20-10-6-4-7-11-20/h4-18,23-26H,1-3H3,(H,30,35)(H,33,34). The molecular formula is C29H30N2O4. The smallest absolute Gasteiger partial charge is 0.327 e. The minimum Gasteiger partial charge on any atom is -0.480 e. The van der Waals surface area contributed by atoms with E-state index in [1.807, 2.05) is 81.4 Å². The summed E-state index contributed by atoms with van der Waals surface area (Å²) in [5.41, 5.74) is 2.97. The van der Waals surface area contributed by atoms with Crippen molar-refractivity contribution in [2.45, 2.75) is 44.8 Å². The van der Waals surface area contributed by atoms with Crippen molar-refractivity contribution in [1.82, 2.24) is 10.2 Å². The number of urea groups is 1. The van der Waals surface area contributed by atoms with Crippen LogP contribution in [-0.2, 0) is 4.79 Å². The van der Waals surface area contributed by atoms with Crippen molar-refractivity contribution < 1.29 is 19.5 Å². The van der Waals surface area contributed by atoms with Crippen molar-refractivity contribution in [3.8, 4) is 0 Å². The van der Waals surface area contributed by atoms with Crippen molar-refractivity contribution in [3.05, 3.63) is 107 Å². The molecule has 1 fully saturated rings. The number of amides is 2. The van der Waals surface area contributed by atoms with E-state index in [1.54, 1.807) is 24.3 Å². The average Bonchev–Trinajstić information content (AvgIpc) is 3.21. The van der Waals surface area contributed by atoms with Gasteiger partial charge in [-0.25, -0.2) is 9.59 Å². The number of hydrogen-bond acceptors (Lipinski definition) is 3. The molecule has 2 amide bonds. The maximum atomic E-state index is 14.1. The molecule has 3 aromatic carbocycles. The van der Waals surface area contributed by atoms with E-state index in [2.05, 4.69) is 5.32 Å². The molecule has 0 radical (unpaired) electrons. The van der Waals surface area contributed by atoms with E-state index >= 15 is 0 Å². The lowest BCUT2D eigenvalue weighted by Crippen LogP contribution is -2.50. The van der Waals surface area contributed by atoms with Crippen LogP contribution in [-0.4, -0.2) is 39.9 Å². The van der Waals surface area contributed by atoms with Gasteiger partial charge in [-0.1, -0.05) is 90.5 Å². The number of carbonyl (C=O) groups excluding carboxylic acids is 2. The number of carboxylic acids is 1. The summed E-state index contributed by atoms with van der Waals surface area (Å²) in [5, 5.41) is 13.3. The highest BCUT2D eigenvalue weighted by Crippen LogP contribution is 2.51. The van der Waals surface area contributed by atoms with Crippen LogP contribution in [0, 0.1) is 12.8 Å². The third kappa shape index (κ3) is 4.83. The number of ketones is 1. The number of benzene rings is 3. The zero-order valence-electron chi connectivity index (χ0n) is 20.1. The number of rotatable bonds is 6. The van der Waals surface area contributed by atoms with Crippen LogP contribution in [0.4, 0.5) is 4.79 Å². The van der Waals surface area contributed by atoms with Crippen LogP contribution >= 0.6 is 0 Å². The first-order valence-electron chi connectivity index (χ1n) is 11.8. The molecule has 0 aromatic heterocycles. The second-order valence-corrected chi connectivity index (χ2v) is 9.34. The van der Waals surface area contributed by atoms with Crippen molar-refractivity contribution in [1.29, 1.82) is 0 Å². The van der Waals surface area contributed by atoms with Gasteiger partial charge in [-0.05, 0) is 31.9 Å². The van der Waals surface area contributed by atoms with Gasteiger partial charge < -0.3 is 15.3 Å². The first kappa shape index (κ1) is 24.2. The Balaban J connectivity index is 1.97. The van der Waals surface area contributed by atoms with Gasteiger partial charge in [0.15, 0.2) is 5.78 Å². The minimum absolute atomic E-state index is 0.184. The molecule has 4 unspecified atom stereocenters. The van der Waals surface area contributed by atoms with Gasteiger partial charge >= 0.3 is 12.0 Å². The summed E-state index contributed by atoms with van der Waals surface area (Å²) in [7, 11) is 0. The minimum atomic E-state index is -1.22. The van der Waals surface area contributed by atoms with Gasteiger partial charge in [0.25, 0.3) is 0 Å². The molecule has 0 spiro atoms. The Morgan fingerprint density at radius 3 is 1.94 bits per heavy atom. The van der Waals surface area contributed by atoms with Crippen LogP contribution in [0.25, 0.3) is 0 Å². The molecule has 0 bridgehead atoms. The van der Waals surface area contributed by atoms with E-state index < -0.39 is 35.9 Å². The second kappa shape index (κ2) is 10.1. The molecule has 4 rings (SSSR count). The van der Waals surface area contributed by atoms with Gasteiger partial charge in [0.2, 0.25) is 0 Å². The Morgan fingerprint density at radius 2 is 1.40 bits per heavy atom. The fraction of sp³-hybridized carbons (Fsp3) is 0.276. The topological polar surface area (TPSA) is 86.7 Å². The Kier molecular flexibility index (Phi) is 7.01. The number of hydrogen-bond donors (Lipinski definition) is 2. The molecule has 6 heteroatoms. The number of nitrogens with zero attached hydrogens (tertiary/aromatic N) is 1. The van der Waals surface area contributed by atoms with Crippen molar-refractivity contribution >= 4 is 17.8 Å². The molecule has 1 heterocycles. The number of nitrogens with one attached hydrogen (secondary N) is 1. The fourth-order valence-electron chi connectivity index (χ4n) is 5.06. The quantitative estimate of drug-likeness (QED) is 0.485. The molecule has 1 aliphatic heterocycles. The summed E-state index contributed by atoms with van der Waals surface area (Å²) in [5.74, 6) is -2.85. The molecular weight excluding hydrogens is 440 g/mol. The van der Waals surface area contributed by atoms with Gasteiger partial charge in [-0.3, -0.25) is 4.79 Å². The van der Waals surface area contributed by atoms with Crippen LogP contribution < -0.4 is 5.32 Å². The number of Topliss-reactive ketones (excluding diaryl/α,β-unsaturated/α-hetero) is 1. The highest BCUT2D eigenvalue weighted by atomic mass is 16.4. The molecule has 0 saturated carbocycles. The maximum Gasteiger partial charge on any atom is 0.327 e. The summed E-state index contributed by atoms with van der Waals surface area (Å²) < 4.78 is 0. The highest BCUT2D eigenvalue weighted by Gasteiger charge is 2.57. The van der Waals surface area contributed by atoms with Gasteiger partial charge in [0.05, 0.1) is 12.0 Å². The first-order valence-corrected chi connectivity index (χ1v) is 11.8. The van der Waals surface area contributed by atoms with Gasteiger partial charge in [-0.15, -0.1) is 0 Å². The van der Waals surface area contributed by atoms with Crippen LogP contribution in [0.1, 0.15) is 52.9 Å². The molecule has 2 N–H and O–H groups in total. The predicted octanol–water partition coefficient (Wildman–Crippen LogP) is 5.21. The predicted molar refractivity (Wildman–Crippen MR) is 134 cm³/mol. The normalized spacial score (nSPS) is 21.7. The van der Waals surface area contributed by atoms with Crippen molar-refractivity contribution in [2.75, 3.05) is 0 Å². The average molecular weight is 471 g/mol. The molecule has 6 nitrogen and oxygen atoms in total. The molecule has 1 saturated heterocycles. The SMILES string of the molecule is Cc1ccc(C2C(C(=O)c3ccccc3)C(c3ccccc3)C(C(=O)O)N2C(=O)NC(C)C)cc1. The number of aliphatic carboxylic acids is 1. The number of aryl methyl sites for hydroxylation is 1. The lowest BCUT2D eigenvalue weighted by atomic mass is 9.76. The number of carboxylic acid groups (broad SMARTS) is 1. The summed E-state index contributed by atoms with van der Waals surface area (Å²) >= 11 is 0. The highest BCUT2D eigenvalue weighted by molar-refractivity contribution is 6.01. The molecule has 1 aliphatic rings. The Bertz CT molecular complexity index is 1190. The van der Waals surface area contributed by atoms with Crippen LogP contribution in [0.5, 0.6) is 0 Å². The zero-order valence-corrected chi connectivity index (χ0v) is 20.1. The van der Waals surface area contributed by atoms with Gasteiger partial charge in [0.1, 0.15) is 6.04 Å². The molecule has 0 aliphatic carbocycles.